The van der Waals surface area contributed by atoms with Crippen molar-refractivity contribution in [1.29, 1.82) is 0 Å². The van der Waals surface area contributed by atoms with Gasteiger partial charge in [-0.15, -0.1) is 0 Å². The van der Waals surface area contributed by atoms with E-state index in [-0.39, 0.29) is 11.4 Å². The van der Waals surface area contributed by atoms with Gasteiger partial charge in [-0.25, -0.2) is 0 Å². The highest BCUT2D eigenvalue weighted by molar-refractivity contribution is 5.95. The SMILES string of the molecule is CCC(C)(C)NC(=O)c1cn[nH]c1C. The number of carbonyl (C=O) groups is 1. The van der Waals surface area contributed by atoms with Crippen molar-refractivity contribution in [2.45, 2.75) is 39.7 Å². The van der Waals surface area contributed by atoms with Crippen molar-refractivity contribution in [1.82, 2.24) is 15.5 Å². The van der Waals surface area contributed by atoms with Crippen LogP contribution in [0.5, 0.6) is 0 Å². The van der Waals surface area contributed by atoms with Gasteiger partial charge in [0.15, 0.2) is 0 Å². The second-order valence-electron chi connectivity index (χ2n) is 4.10. The Morgan fingerprint density at radius 3 is 2.71 bits per heavy atom. The van der Waals surface area contributed by atoms with E-state index in [9.17, 15) is 4.79 Å². The summed E-state index contributed by atoms with van der Waals surface area (Å²) in [6.07, 6.45) is 2.45. The molecule has 0 saturated carbocycles. The largest absolute Gasteiger partial charge is 0.347 e. The fraction of sp³-hybridized carbons (Fsp3) is 0.600. The number of hydrogen-bond donors (Lipinski definition) is 2. The van der Waals surface area contributed by atoms with Crippen LogP contribution in [0.15, 0.2) is 6.20 Å². The van der Waals surface area contributed by atoms with Gasteiger partial charge in [0.05, 0.1) is 11.8 Å². The normalized spacial score (nSPS) is 11.4. The second-order valence-corrected chi connectivity index (χ2v) is 4.10. The van der Waals surface area contributed by atoms with Gasteiger partial charge in [0.2, 0.25) is 0 Å². The zero-order valence-electron chi connectivity index (χ0n) is 9.14. The van der Waals surface area contributed by atoms with Crippen LogP contribution in [0.3, 0.4) is 0 Å². The third-order valence-electron chi connectivity index (χ3n) is 2.41. The summed E-state index contributed by atoms with van der Waals surface area (Å²) in [5.74, 6) is -0.0666. The molecule has 1 aromatic rings. The minimum atomic E-state index is -0.166. The highest BCUT2D eigenvalue weighted by atomic mass is 16.1. The Kier molecular flexibility index (Phi) is 2.93. The minimum absolute atomic E-state index is 0.0666. The maximum Gasteiger partial charge on any atom is 0.255 e. The van der Waals surface area contributed by atoms with Gasteiger partial charge in [-0.3, -0.25) is 9.89 Å². The van der Waals surface area contributed by atoms with Crippen molar-refractivity contribution in [3.8, 4) is 0 Å². The van der Waals surface area contributed by atoms with E-state index >= 15 is 0 Å². The van der Waals surface area contributed by atoms with Crippen molar-refractivity contribution in [2.75, 3.05) is 0 Å². The molecule has 14 heavy (non-hydrogen) atoms. The van der Waals surface area contributed by atoms with Crippen LogP contribution in [-0.4, -0.2) is 21.6 Å². The fourth-order valence-corrected chi connectivity index (χ4v) is 1.04. The number of hydrogen-bond acceptors (Lipinski definition) is 2. The van der Waals surface area contributed by atoms with E-state index in [0.717, 1.165) is 12.1 Å². The molecule has 4 nitrogen and oxygen atoms in total. The first-order valence-electron chi connectivity index (χ1n) is 4.79. The van der Waals surface area contributed by atoms with Crippen molar-refractivity contribution in [3.05, 3.63) is 17.5 Å². The van der Waals surface area contributed by atoms with Gasteiger partial charge < -0.3 is 5.32 Å². The summed E-state index contributed by atoms with van der Waals surface area (Å²) in [6, 6.07) is 0. The van der Waals surface area contributed by atoms with Crippen molar-refractivity contribution < 1.29 is 4.79 Å². The molecule has 78 valence electrons. The molecular weight excluding hydrogens is 178 g/mol. The summed E-state index contributed by atoms with van der Waals surface area (Å²) in [5.41, 5.74) is 1.25. The minimum Gasteiger partial charge on any atom is -0.347 e. The molecule has 1 amide bonds. The van der Waals surface area contributed by atoms with E-state index in [1.54, 1.807) is 6.20 Å². The quantitative estimate of drug-likeness (QED) is 0.770. The number of carbonyl (C=O) groups excluding carboxylic acids is 1. The van der Waals surface area contributed by atoms with E-state index in [4.69, 9.17) is 0 Å². The predicted molar refractivity (Wildman–Crippen MR) is 55.2 cm³/mol. The molecule has 0 fully saturated rings. The number of nitrogens with zero attached hydrogens (tertiary/aromatic N) is 1. The maximum absolute atomic E-state index is 11.7. The van der Waals surface area contributed by atoms with Crippen LogP contribution in [0.4, 0.5) is 0 Å². The topological polar surface area (TPSA) is 57.8 Å². The maximum atomic E-state index is 11.7. The standard InChI is InChI=1S/C10H17N3O/c1-5-10(3,4)12-9(14)8-6-11-13-7(8)2/h6H,5H2,1-4H3,(H,11,13)(H,12,14). The molecule has 2 N–H and O–H groups in total. The Balaban J connectivity index is 2.73. The lowest BCUT2D eigenvalue weighted by Gasteiger charge is -2.24. The van der Waals surface area contributed by atoms with Crippen LogP contribution < -0.4 is 5.32 Å². The lowest BCUT2D eigenvalue weighted by Crippen LogP contribution is -2.42. The molecule has 0 saturated heterocycles. The molecule has 1 rings (SSSR count). The Morgan fingerprint density at radius 1 is 1.64 bits per heavy atom. The lowest BCUT2D eigenvalue weighted by molar-refractivity contribution is 0.0910. The van der Waals surface area contributed by atoms with Crippen molar-refractivity contribution >= 4 is 5.91 Å². The Morgan fingerprint density at radius 2 is 2.29 bits per heavy atom. The van der Waals surface area contributed by atoms with E-state index in [1.165, 1.54) is 0 Å². The number of aromatic amines is 1. The average molecular weight is 195 g/mol. The summed E-state index contributed by atoms with van der Waals surface area (Å²) < 4.78 is 0. The number of amides is 1. The van der Waals surface area contributed by atoms with Gasteiger partial charge in [-0.1, -0.05) is 6.92 Å². The molecule has 0 aliphatic rings. The number of nitrogens with one attached hydrogen (secondary N) is 2. The average Bonchev–Trinajstić information content (AvgIpc) is 2.51. The van der Waals surface area contributed by atoms with Crippen LogP contribution in [0.25, 0.3) is 0 Å². The Labute approximate surface area is 84.1 Å². The van der Waals surface area contributed by atoms with E-state index in [2.05, 4.69) is 15.5 Å². The first kappa shape index (κ1) is 10.8. The van der Waals surface area contributed by atoms with Crippen molar-refractivity contribution in [2.24, 2.45) is 0 Å². The van der Waals surface area contributed by atoms with Gasteiger partial charge >= 0.3 is 0 Å². The van der Waals surface area contributed by atoms with Gasteiger partial charge in [-0.05, 0) is 27.2 Å². The van der Waals surface area contributed by atoms with Crippen LogP contribution >= 0.6 is 0 Å². The molecule has 0 aliphatic heterocycles. The smallest absolute Gasteiger partial charge is 0.255 e. The third-order valence-corrected chi connectivity index (χ3v) is 2.41. The summed E-state index contributed by atoms with van der Waals surface area (Å²) >= 11 is 0. The summed E-state index contributed by atoms with van der Waals surface area (Å²) in [6.45, 7) is 7.88. The molecule has 1 aromatic heterocycles. The first-order valence-corrected chi connectivity index (χ1v) is 4.79. The number of rotatable bonds is 3. The summed E-state index contributed by atoms with van der Waals surface area (Å²) in [7, 11) is 0. The Hall–Kier alpha value is -1.32. The second kappa shape index (κ2) is 3.82. The third kappa shape index (κ3) is 2.34. The highest BCUT2D eigenvalue weighted by Crippen LogP contribution is 2.10. The highest BCUT2D eigenvalue weighted by Gasteiger charge is 2.20. The lowest BCUT2D eigenvalue weighted by atomic mass is 10.0. The van der Waals surface area contributed by atoms with Crippen molar-refractivity contribution in [3.63, 3.8) is 0 Å². The molecule has 0 bridgehead atoms. The number of H-pyrrole nitrogens is 1. The molecule has 0 unspecified atom stereocenters. The monoisotopic (exact) mass is 195 g/mol. The molecule has 0 aromatic carbocycles. The molecule has 0 aliphatic carbocycles. The first-order chi connectivity index (χ1) is 6.46. The zero-order chi connectivity index (χ0) is 10.8. The number of aromatic nitrogens is 2. The molecule has 4 heteroatoms. The summed E-state index contributed by atoms with van der Waals surface area (Å²) in [4.78, 5) is 11.7. The van der Waals surface area contributed by atoms with Crippen LogP contribution in [0, 0.1) is 6.92 Å². The Bertz CT molecular complexity index is 328. The van der Waals surface area contributed by atoms with Gasteiger partial charge in [0.25, 0.3) is 5.91 Å². The van der Waals surface area contributed by atoms with E-state index in [1.807, 2.05) is 27.7 Å². The van der Waals surface area contributed by atoms with Gasteiger partial charge in [-0.2, -0.15) is 5.10 Å². The van der Waals surface area contributed by atoms with Crippen LogP contribution in [0.2, 0.25) is 0 Å². The molecule has 1 heterocycles. The van der Waals surface area contributed by atoms with Crippen LogP contribution in [-0.2, 0) is 0 Å². The van der Waals surface area contributed by atoms with E-state index < -0.39 is 0 Å². The zero-order valence-corrected chi connectivity index (χ0v) is 9.14. The molecular formula is C10H17N3O. The molecule has 0 spiro atoms. The summed E-state index contributed by atoms with van der Waals surface area (Å²) in [5, 5.41) is 9.51. The van der Waals surface area contributed by atoms with E-state index in [0.29, 0.717) is 5.56 Å². The molecule has 0 radical (unpaired) electrons. The van der Waals surface area contributed by atoms with Gasteiger partial charge in [0.1, 0.15) is 0 Å². The molecule has 0 atom stereocenters. The van der Waals surface area contributed by atoms with Gasteiger partial charge in [0, 0.05) is 11.2 Å². The predicted octanol–water partition coefficient (Wildman–Crippen LogP) is 1.64. The fourth-order valence-electron chi connectivity index (χ4n) is 1.04. The number of aryl methyl sites for hydroxylation is 1. The van der Waals surface area contributed by atoms with Crippen LogP contribution in [0.1, 0.15) is 43.2 Å².